The largest absolute Gasteiger partial charge is 0.321 e. The predicted octanol–water partition coefficient (Wildman–Crippen LogP) is 5.44. The van der Waals surface area contributed by atoms with Gasteiger partial charge < -0.3 is 5.32 Å². The lowest BCUT2D eigenvalue weighted by Gasteiger charge is -2.06. The molecule has 0 heterocycles. The van der Waals surface area contributed by atoms with Crippen LogP contribution in [0.1, 0.15) is 5.56 Å². The first kappa shape index (κ1) is 17.5. The second-order valence-electron chi connectivity index (χ2n) is 4.45. The van der Waals surface area contributed by atoms with E-state index in [1.807, 2.05) is 0 Å². The summed E-state index contributed by atoms with van der Waals surface area (Å²) in [5.41, 5.74) is 0.205. The van der Waals surface area contributed by atoms with Gasteiger partial charge in [-0.25, -0.2) is 4.39 Å². The summed E-state index contributed by atoms with van der Waals surface area (Å²) in [6, 6.07) is 10.5. The average Bonchev–Trinajstić information content (AvgIpc) is 2.46. The maximum Gasteiger partial charge on any atom is 0.266 e. The third-order valence-electron chi connectivity index (χ3n) is 2.74. The van der Waals surface area contributed by atoms with E-state index < -0.39 is 11.7 Å². The highest BCUT2D eigenvalue weighted by molar-refractivity contribution is 9.10. The number of carbonyl (C=O) groups excluding carboxylic acids is 1. The summed E-state index contributed by atoms with van der Waals surface area (Å²) in [5, 5.41) is 12.3. The molecule has 3 nitrogen and oxygen atoms in total. The van der Waals surface area contributed by atoms with Gasteiger partial charge in [0.25, 0.3) is 5.91 Å². The molecule has 0 spiro atoms. The number of nitriles is 1. The SMILES string of the molecule is N#C/C(=C\c1cc(Br)ccc1F)C(=O)Nc1cc(Cl)cc(Cl)c1. The quantitative estimate of drug-likeness (QED) is 0.537. The number of hydrogen-bond acceptors (Lipinski definition) is 2. The standard InChI is InChI=1S/C16H8BrCl2FN2O/c17-11-1-2-15(20)9(4-11)3-10(8-21)16(23)22-14-6-12(18)5-13(19)7-14/h1-7H,(H,22,23)/b10-3+. The molecule has 23 heavy (non-hydrogen) atoms. The van der Waals surface area contributed by atoms with Crippen molar-refractivity contribution in [3.63, 3.8) is 0 Å². The highest BCUT2D eigenvalue weighted by atomic mass is 79.9. The van der Waals surface area contributed by atoms with Crippen molar-refractivity contribution in [3.05, 3.63) is 67.9 Å². The van der Waals surface area contributed by atoms with Gasteiger partial charge in [0.2, 0.25) is 0 Å². The van der Waals surface area contributed by atoms with Gasteiger partial charge in [0.1, 0.15) is 17.5 Å². The fourth-order valence-corrected chi connectivity index (χ4v) is 2.66. The van der Waals surface area contributed by atoms with Gasteiger partial charge in [-0.05, 0) is 42.5 Å². The van der Waals surface area contributed by atoms with Crippen LogP contribution in [-0.4, -0.2) is 5.91 Å². The van der Waals surface area contributed by atoms with Crippen LogP contribution in [0.25, 0.3) is 6.08 Å². The first-order chi connectivity index (χ1) is 10.9. The van der Waals surface area contributed by atoms with Gasteiger partial charge in [-0.1, -0.05) is 39.1 Å². The van der Waals surface area contributed by atoms with Gasteiger partial charge in [0.15, 0.2) is 0 Å². The van der Waals surface area contributed by atoms with Crippen molar-refractivity contribution in [1.29, 1.82) is 5.26 Å². The van der Waals surface area contributed by atoms with Gasteiger partial charge in [0, 0.05) is 25.8 Å². The van der Waals surface area contributed by atoms with Crippen molar-refractivity contribution < 1.29 is 9.18 Å². The summed E-state index contributed by atoms with van der Waals surface area (Å²) >= 11 is 14.9. The maximum absolute atomic E-state index is 13.7. The van der Waals surface area contributed by atoms with Crippen LogP contribution in [0.15, 0.2) is 46.4 Å². The Bertz CT molecular complexity index is 826. The van der Waals surface area contributed by atoms with Crippen LogP contribution in [0.5, 0.6) is 0 Å². The van der Waals surface area contributed by atoms with Crippen molar-refractivity contribution in [2.75, 3.05) is 5.32 Å². The number of halogens is 4. The van der Waals surface area contributed by atoms with Crippen molar-refractivity contribution in [3.8, 4) is 6.07 Å². The van der Waals surface area contributed by atoms with Crippen molar-refractivity contribution in [1.82, 2.24) is 0 Å². The minimum absolute atomic E-state index is 0.121. The number of nitrogens with one attached hydrogen (secondary N) is 1. The zero-order valence-electron chi connectivity index (χ0n) is 11.4. The van der Waals surface area contributed by atoms with Crippen molar-refractivity contribution in [2.45, 2.75) is 0 Å². The van der Waals surface area contributed by atoms with E-state index in [4.69, 9.17) is 28.5 Å². The second-order valence-corrected chi connectivity index (χ2v) is 6.24. The van der Waals surface area contributed by atoms with Crippen LogP contribution < -0.4 is 5.32 Å². The van der Waals surface area contributed by atoms with Gasteiger partial charge in [-0.2, -0.15) is 5.26 Å². The molecule has 2 rings (SSSR count). The molecule has 2 aromatic carbocycles. The van der Waals surface area contributed by atoms with Crippen molar-refractivity contribution >= 4 is 56.8 Å². The number of hydrogen-bond donors (Lipinski definition) is 1. The fraction of sp³-hybridized carbons (Fsp3) is 0. The van der Waals surface area contributed by atoms with E-state index in [0.29, 0.717) is 20.2 Å². The van der Waals surface area contributed by atoms with E-state index >= 15 is 0 Å². The normalized spacial score (nSPS) is 11.0. The van der Waals surface area contributed by atoms with E-state index in [1.54, 1.807) is 6.07 Å². The Hall–Kier alpha value is -1.87. The van der Waals surface area contributed by atoms with E-state index in [9.17, 15) is 9.18 Å². The van der Waals surface area contributed by atoms with Crippen LogP contribution in [0.2, 0.25) is 10.0 Å². The molecule has 7 heteroatoms. The summed E-state index contributed by atoms with van der Waals surface area (Å²) < 4.78 is 14.4. The maximum atomic E-state index is 13.7. The first-order valence-electron chi connectivity index (χ1n) is 6.23. The zero-order chi connectivity index (χ0) is 17.0. The third kappa shape index (κ3) is 4.80. The Morgan fingerprint density at radius 1 is 1.22 bits per heavy atom. The van der Waals surface area contributed by atoms with E-state index in [-0.39, 0.29) is 11.1 Å². The summed E-state index contributed by atoms with van der Waals surface area (Å²) in [4.78, 5) is 12.1. The molecular weight excluding hydrogens is 406 g/mol. The van der Waals surface area contributed by atoms with Crippen LogP contribution in [-0.2, 0) is 4.79 Å². The monoisotopic (exact) mass is 412 g/mol. The highest BCUT2D eigenvalue weighted by Gasteiger charge is 2.12. The number of anilines is 1. The van der Waals surface area contributed by atoms with E-state index in [1.165, 1.54) is 42.5 Å². The van der Waals surface area contributed by atoms with Crippen LogP contribution >= 0.6 is 39.1 Å². The average molecular weight is 414 g/mol. The molecule has 2 aromatic rings. The number of rotatable bonds is 3. The number of benzene rings is 2. The minimum atomic E-state index is -0.690. The number of amides is 1. The lowest BCUT2D eigenvalue weighted by Crippen LogP contribution is -2.13. The van der Waals surface area contributed by atoms with Crippen LogP contribution in [0.4, 0.5) is 10.1 Å². The zero-order valence-corrected chi connectivity index (χ0v) is 14.5. The Morgan fingerprint density at radius 2 is 1.87 bits per heavy atom. The lowest BCUT2D eigenvalue weighted by atomic mass is 10.1. The van der Waals surface area contributed by atoms with E-state index in [0.717, 1.165) is 0 Å². The molecule has 0 unspecified atom stereocenters. The Labute approximate surface area is 150 Å². The topological polar surface area (TPSA) is 52.9 Å². The van der Waals surface area contributed by atoms with Gasteiger partial charge in [-0.15, -0.1) is 0 Å². The molecular formula is C16H8BrCl2FN2O. The molecule has 0 fully saturated rings. The smallest absolute Gasteiger partial charge is 0.266 e. The van der Waals surface area contributed by atoms with Crippen LogP contribution in [0.3, 0.4) is 0 Å². The lowest BCUT2D eigenvalue weighted by molar-refractivity contribution is -0.112. The molecule has 0 aliphatic heterocycles. The van der Waals surface area contributed by atoms with Gasteiger partial charge in [-0.3, -0.25) is 4.79 Å². The minimum Gasteiger partial charge on any atom is -0.321 e. The molecule has 0 atom stereocenters. The molecule has 0 aliphatic carbocycles. The first-order valence-corrected chi connectivity index (χ1v) is 7.78. The summed E-state index contributed by atoms with van der Waals surface area (Å²) in [6.45, 7) is 0. The van der Waals surface area contributed by atoms with Crippen molar-refractivity contribution in [2.24, 2.45) is 0 Å². The molecule has 0 bridgehead atoms. The van der Waals surface area contributed by atoms with Gasteiger partial charge >= 0.3 is 0 Å². The Morgan fingerprint density at radius 3 is 2.48 bits per heavy atom. The molecule has 0 aliphatic rings. The van der Waals surface area contributed by atoms with E-state index in [2.05, 4.69) is 21.2 Å². The molecule has 0 saturated heterocycles. The molecule has 1 amide bonds. The third-order valence-corrected chi connectivity index (χ3v) is 3.67. The number of nitrogens with zero attached hydrogens (tertiary/aromatic N) is 1. The summed E-state index contributed by atoms with van der Waals surface area (Å²) in [6.07, 6.45) is 1.17. The predicted molar refractivity (Wildman–Crippen MR) is 92.8 cm³/mol. The molecule has 0 radical (unpaired) electrons. The fourth-order valence-electron chi connectivity index (χ4n) is 1.75. The Kier molecular flexibility index (Phi) is 5.78. The molecule has 1 N–H and O–H groups in total. The second kappa shape index (κ2) is 7.60. The number of carbonyl (C=O) groups is 1. The molecule has 0 aromatic heterocycles. The molecule has 116 valence electrons. The summed E-state index contributed by atoms with van der Waals surface area (Å²) in [7, 11) is 0. The molecule has 0 saturated carbocycles. The van der Waals surface area contributed by atoms with Crippen LogP contribution in [0, 0.1) is 17.1 Å². The summed E-state index contributed by atoms with van der Waals surface area (Å²) in [5.74, 6) is -1.23. The Balaban J connectivity index is 2.30. The highest BCUT2D eigenvalue weighted by Crippen LogP contribution is 2.23. The van der Waals surface area contributed by atoms with Gasteiger partial charge in [0.05, 0.1) is 0 Å².